The van der Waals surface area contributed by atoms with E-state index in [4.69, 9.17) is 9.15 Å². The van der Waals surface area contributed by atoms with Gasteiger partial charge in [0, 0.05) is 11.5 Å². The lowest BCUT2D eigenvalue weighted by Crippen LogP contribution is -2.23. The predicted molar refractivity (Wildman–Crippen MR) is 126 cm³/mol. The highest BCUT2D eigenvalue weighted by molar-refractivity contribution is 7.09. The number of aromatic hydroxyl groups is 1. The Morgan fingerprint density at radius 3 is 2.80 bits per heavy atom. The van der Waals surface area contributed by atoms with Gasteiger partial charge in [0.25, 0.3) is 0 Å². The van der Waals surface area contributed by atoms with Crippen molar-refractivity contribution in [1.29, 1.82) is 0 Å². The third-order valence-corrected chi connectivity index (χ3v) is 7.29. The maximum atomic E-state index is 13.1. The van der Waals surface area contributed by atoms with Gasteiger partial charge in [0.1, 0.15) is 11.5 Å². The summed E-state index contributed by atoms with van der Waals surface area (Å²) < 4.78 is 51.5. The van der Waals surface area contributed by atoms with Crippen LogP contribution in [0.2, 0.25) is 0 Å². The molecule has 0 bridgehead atoms. The molecule has 2 heterocycles. The molecule has 4 rings (SSSR count). The number of H-pyrrole nitrogens is 1. The van der Waals surface area contributed by atoms with Crippen LogP contribution in [0.25, 0.3) is 11.5 Å². The lowest BCUT2D eigenvalue weighted by Gasteiger charge is -2.29. The molecular formula is C25H29F3N2O4S. The highest BCUT2D eigenvalue weighted by atomic mass is 32.1. The molecule has 35 heavy (non-hydrogen) atoms. The van der Waals surface area contributed by atoms with Gasteiger partial charge in [0.2, 0.25) is 11.8 Å². The van der Waals surface area contributed by atoms with Crippen LogP contribution in [0, 0.1) is 5.92 Å². The Bertz CT molecular complexity index is 1200. The molecule has 1 saturated carbocycles. The number of ether oxygens (including phenoxy) is 1. The van der Waals surface area contributed by atoms with Gasteiger partial charge in [-0.15, -0.1) is 0 Å². The highest BCUT2D eigenvalue weighted by Crippen LogP contribution is 2.35. The predicted octanol–water partition coefficient (Wildman–Crippen LogP) is 6.65. The van der Waals surface area contributed by atoms with E-state index < -0.39 is 11.7 Å². The summed E-state index contributed by atoms with van der Waals surface area (Å²) in [5, 5.41) is 9.79. The number of aryl methyl sites for hydroxylation is 1. The maximum Gasteiger partial charge on any atom is 0.416 e. The van der Waals surface area contributed by atoms with Crippen molar-refractivity contribution in [3.05, 3.63) is 55.8 Å². The molecule has 6 nitrogen and oxygen atoms in total. The molecule has 190 valence electrons. The van der Waals surface area contributed by atoms with Gasteiger partial charge in [-0.3, -0.25) is 9.78 Å². The number of alkyl halides is 3. The number of hydrogen-bond donors (Lipinski definition) is 2. The molecule has 0 amide bonds. The molecule has 0 radical (unpaired) electrons. The Kier molecular flexibility index (Phi) is 7.70. The number of aromatic nitrogens is 2. The van der Waals surface area contributed by atoms with E-state index in [1.165, 1.54) is 6.07 Å². The number of aromatic amines is 1. The lowest BCUT2D eigenvalue weighted by atomic mass is 9.84. The Morgan fingerprint density at radius 1 is 1.31 bits per heavy atom. The second-order valence-corrected chi connectivity index (χ2v) is 10.4. The molecule has 10 heteroatoms. The van der Waals surface area contributed by atoms with Crippen molar-refractivity contribution in [3.8, 4) is 17.3 Å². The van der Waals surface area contributed by atoms with E-state index >= 15 is 0 Å². The van der Waals surface area contributed by atoms with Crippen LogP contribution in [0.1, 0.15) is 73.8 Å². The summed E-state index contributed by atoms with van der Waals surface area (Å²) in [5.74, 6) is 1.16. The Hall–Kier alpha value is -2.59. The third-order valence-electron chi connectivity index (χ3n) is 6.36. The molecule has 2 N–H and O–H groups in total. The quantitative estimate of drug-likeness (QED) is 0.354. The van der Waals surface area contributed by atoms with E-state index in [1.54, 1.807) is 6.07 Å². The number of rotatable bonds is 8. The first-order valence-electron chi connectivity index (χ1n) is 11.8. The van der Waals surface area contributed by atoms with Gasteiger partial charge in [-0.1, -0.05) is 44.1 Å². The van der Waals surface area contributed by atoms with Crippen LogP contribution < -0.4 is 4.87 Å². The zero-order chi connectivity index (χ0) is 25.2. The molecule has 0 aliphatic heterocycles. The average Bonchev–Trinajstić information content (AvgIpc) is 3.38. The number of nitrogens with one attached hydrogen (secondary N) is 1. The van der Waals surface area contributed by atoms with Crippen LogP contribution in [0.3, 0.4) is 0 Å². The summed E-state index contributed by atoms with van der Waals surface area (Å²) in [4.78, 5) is 18.7. The van der Waals surface area contributed by atoms with Gasteiger partial charge in [-0.05, 0) is 49.8 Å². The van der Waals surface area contributed by atoms with E-state index in [0.29, 0.717) is 28.7 Å². The van der Waals surface area contributed by atoms with Gasteiger partial charge in [-0.25, -0.2) is 4.98 Å². The third kappa shape index (κ3) is 6.35. The fourth-order valence-electron chi connectivity index (χ4n) is 4.58. The van der Waals surface area contributed by atoms with Gasteiger partial charge in [0.05, 0.1) is 23.2 Å². The number of thiazole rings is 1. The monoisotopic (exact) mass is 510 g/mol. The standard InChI is InChI=1S/C25H29F3N2O4S/c1-14(2)21-19(29-23(34-21)16-6-4-7-17(12-16)25(26,27)28)13-33-18-8-3-5-15(11-18)9-10-20-22(31)30-24(32)35-20/h4,6-7,12,14-15,18,31H,3,5,8-11,13H2,1-2H3,(H,30,32)/t15-,18-/m0/s1. The largest absolute Gasteiger partial charge is 0.494 e. The van der Waals surface area contributed by atoms with E-state index in [1.807, 2.05) is 13.8 Å². The van der Waals surface area contributed by atoms with E-state index in [0.717, 1.165) is 55.6 Å². The summed E-state index contributed by atoms with van der Waals surface area (Å²) in [6.45, 7) is 4.12. The Balaban J connectivity index is 1.40. The first-order chi connectivity index (χ1) is 16.6. The van der Waals surface area contributed by atoms with Crippen molar-refractivity contribution in [2.24, 2.45) is 5.92 Å². The molecule has 0 unspecified atom stereocenters. The molecule has 2 aromatic heterocycles. The zero-order valence-corrected chi connectivity index (χ0v) is 20.5. The van der Waals surface area contributed by atoms with Crippen molar-refractivity contribution in [2.75, 3.05) is 0 Å². The smallest absolute Gasteiger partial charge is 0.416 e. The molecule has 1 aliphatic carbocycles. The highest BCUT2D eigenvalue weighted by Gasteiger charge is 2.31. The van der Waals surface area contributed by atoms with Crippen LogP contribution in [0.5, 0.6) is 5.88 Å². The Morgan fingerprint density at radius 2 is 2.11 bits per heavy atom. The first-order valence-corrected chi connectivity index (χ1v) is 12.6. The van der Waals surface area contributed by atoms with Crippen molar-refractivity contribution in [3.63, 3.8) is 0 Å². The molecule has 2 atom stereocenters. The van der Waals surface area contributed by atoms with E-state index in [-0.39, 0.29) is 40.8 Å². The molecule has 1 aliphatic rings. The normalized spacial score (nSPS) is 18.9. The maximum absolute atomic E-state index is 13.1. The zero-order valence-electron chi connectivity index (χ0n) is 19.7. The van der Waals surface area contributed by atoms with Crippen molar-refractivity contribution >= 4 is 11.3 Å². The molecule has 3 aromatic rings. The minimum absolute atomic E-state index is 0.000868. The fourth-order valence-corrected chi connectivity index (χ4v) is 5.32. The summed E-state index contributed by atoms with van der Waals surface area (Å²) >= 11 is 1.04. The van der Waals surface area contributed by atoms with Crippen molar-refractivity contribution < 1.29 is 27.4 Å². The molecule has 1 aromatic carbocycles. The van der Waals surface area contributed by atoms with Crippen molar-refractivity contribution in [1.82, 2.24) is 9.97 Å². The van der Waals surface area contributed by atoms with Crippen LogP contribution in [-0.4, -0.2) is 21.2 Å². The van der Waals surface area contributed by atoms with Crippen LogP contribution >= 0.6 is 11.3 Å². The molecular weight excluding hydrogens is 481 g/mol. The van der Waals surface area contributed by atoms with Gasteiger partial charge < -0.3 is 14.3 Å². The number of hydrogen-bond acceptors (Lipinski definition) is 6. The molecule has 0 saturated heterocycles. The number of nitrogens with zero attached hydrogens (tertiary/aromatic N) is 1. The number of oxazole rings is 1. The topological polar surface area (TPSA) is 88.4 Å². The average molecular weight is 511 g/mol. The summed E-state index contributed by atoms with van der Waals surface area (Å²) in [6.07, 6.45) is 1.00. The SMILES string of the molecule is CC(C)c1oc(-c2cccc(C(F)(F)F)c2)nc1CO[C@H]1CCC[C@@H](CCc2sc(=O)[nH]c2O)C1. The van der Waals surface area contributed by atoms with Crippen LogP contribution in [-0.2, 0) is 23.9 Å². The minimum atomic E-state index is -4.44. The second kappa shape index (κ2) is 10.6. The van der Waals surface area contributed by atoms with Crippen LogP contribution in [0.4, 0.5) is 13.2 Å². The number of halogens is 3. The first kappa shape index (κ1) is 25.5. The van der Waals surface area contributed by atoms with Gasteiger partial charge >= 0.3 is 11.0 Å². The fraction of sp³-hybridized carbons (Fsp3) is 0.520. The number of benzene rings is 1. The summed E-state index contributed by atoms with van der Waals surface area (Å²) in [7, 11) is 0. The molecule has 0 spiro atoms. The molecule has 1 fully saturated rings. The second-order valence-electron chi connectivity index (χ2n) is 9.35. The lowest BCUT2D eigenvalue weighted by molar-refractivity contribution is -0.137. The van der Waals surface area contributed by atoms with E-state index in [2.05, 4.69) is 9.97 Å². The van der Waals surface area contributed by atoms with Gasteiger partial charge in [0.15, 0.2) is 0 Å². The summed E-state index contributed by atoms with van der Waals surface area (Å²) in [5.41, 5.74) is 0.142. The van der Waals surface area contributed by atoms with E-state index in [9.17, 15) is 23.1 Å². The Labute approximate surface area is 205 Å². The van der Waals surface area contributed by atoms with Crippen LogP contribution in [0.15, 0.2) is 33.5 Å². The summed E-state index contributed by atoms with van der Waals surface area (Å²) in [6, 6.07) is 4.98. The van der Waals surface area contributed by atoms with Crippen molar-refractivity contribution in [2.45, 2.75) is 77.2 Å². The minimum Gasteiger partial charge on any atom is -0.494 e. The van der Waals surface area contributed by atoms with Gasteiger partial charge in [-0.2, -0.15) is 13.2 Å².